The smallest absolute Gasteiger partial charge is 0.311 e. The summed E-state index contributed by atoms with van der Waals surface area (Å²) >= 11 is 0. The zero-order valence-corrected chi connectivity index (χ0v) is 13.5. The van der Waals surface area contributed by atoms with Crippen molar-refractivity contribution in [3.63, 3.8) is 0 Å². The van der Waals surface area contributed by atoms with Crippen LogP contribution in [0.15, 0.2) is 24.3 Å². The van der Waals surface area contributed by atoms with Crippen LogP contribution in [0, 0.1) is 5.92 Å². The molecule has 2 rings (SSSR count). The largest absolute Gasteiger partial charge is 0.490 e. The van der Waals surface area contributed by atoms with E-state index in [1.165, 1.54) is 25.7 Å². The second-order valence-corrected chi connectivity index (χ2v) is 5.81. The summed E-state index contributed by atoms with van der Waals surface area (Å²) in [5, 5.41) is 3.40. The molecule has 4 heteroatoms. The van der Waals surface area contributed by atoms with Crippen LogP contribution in [0.4, 0.5) is 0 Å². The minimum atomic E-state index is -0.234. The lowest BCUT2D eigenvalue weighted by Crippen LogP contribution is -2.27. The number of carbonyl (C=O) groups excluding carboxylic acids is 1. The van der Waals surface area contributed by atoms with Crippen LogP contribution >= 0.6 is 0 Å². The van der Waals surface area contributed by atoms with Gasteiger partial charge in [0, 0.05) is 6.42 Å². The van der Waals surface area contributed by atoms with Gasteiger partial charge in [0.1, 0.15) is 0 Å². The van der Waals surface area contributed by atoms with Crippen molar-refractivity contribution >= 4 is 5.97 Å². The maximum absolute atomic E-state index is 11.4. The fraction of sp³-hybridized carbons (Fsp3) is 0.611. The number of benzene rings is 1. The number of para-hydroxylation sites is 2. The van der Waals surface area contributed by atoms with Crippen molar-refractivity contribution < 1.29 is 14.3 Å². The van der Waals surface area contributed by atoms with Crippen LogP contribution in [-0.2, 0) is 4.79 Å². The van der Waals surface area contributed by atoms with Gasteiger partial charge in [-0.3, -0.25) is 4.79 Å². The third-order valence-corrected chi connectivity index (χ3v) is 4.08. The van der Waals surface area contributed by atoms with Gasteiger partial charge in [-0.1, -0.05) is 25.5 Å². The lowest BCUT2D eigenvalue weighted by Gasteiger charge is -2.22. The third-order valence-electron chi connectivity index (χ3n) is 4.08. The molecule has 1 aliphatic heterocycles. The molecule has 1 heterocycles. The Balaban J connectivity index is 1.68. The molecule has 0 aliphatic carbocycles. The van der Waals surface area contributed by atoms with Crippen LogP contribution in [-0.4, -0.2) is 25.7 Å². The van der Waals surface area contributed by atoms with Crippen molar-refractivity contribution in [1.29, 1.82) is 0 Å². The highest BCUT2D eigenvalue weighted by atomic mass is 16.6. The molecule has 0 unspecified atom stereocenters. The molecule has 122 valence electrons. The lowest BCUT2D eigenvalue weighted by atomic mass is 9.93. The molecule has 0 spiro atoms. The Labute approximate surface area is 133 Å². The Kier molecular flexibility index (Phi) is 7.23. The Morgan fingerprint density at radius 1 is 1.18 bits per heavy atom. The maximum Gasteiger partial charge on any atom is 0.311 e. The highest BCUT2D eigenvalue weighted by Crippen LogP contribution is 2.27. The molecule has 1 fully saturated rings. The summed E-state index contributed by atoms with van der Waals surface area (Å²) < 4.78 is 11.1. The number of esters is 1. The van der Waals surface area contributed by atoms with Crippen molar-refractivity contribution in [3.8, 4) is 11.5 Å². The summed E-state index contributed by atoms with van der Waals surface area (Å²) in [5.74, 6) is 1.82. The molecular weight excluding hydrogens is 278 g/mol. The van der Waals surface area contributed by atoms with Crippen molar-refractivity contribution in [2.24, 2.45) is 5.92 Å². The SMILES string of the molecule is CCC(=O)Oc1ccccc1OCCCCC1CCNCC1. The van der Waals surface area contributed by atoms with E-state index in [1.54, 1.807) is 13.0 Å². The molecule has 1 aliphatic rings. The molecule has 4 nitrogen and oxygen atoms in total. The van der Waals surface area contributed by atoms with Crippen LogP contribution in [0.2, 0.25) is 0 Å². The Hall–Kier alpha value is -1.55. The van der Waals surface area contributed by atoms with Gasteiger partial charge in [0.15, 0.2) is 11.5 Å². The zero-order chi connectivity index (χ0) is 15.6. The van der Waals surface area contributed by atoms with E-state index in [1.807, 2.05) is 18.2 Å². The molecule has 1 N–H and O–H groups in total. The van der Waals surface area contributed by atoms with Gasteiger partial charge >= 0.3 is 5.97 Å². The molecule has 22 heavy (non-hydrogen) atoms. The first-order chi connectivity index (χ1) is 10.8. The van der Waals surface area contributed by atoms with E-state index < -0.39 is 0 Å². The summed E-state index contributed by atoms with van der Waals surface area (Å²) in [7, 11) is 0. The minimum absolute atomic E-state index is 0.234. The minimum Gasteiger partial charge on any atom is -0.490 e. The number of nitrogens with one attached hydrogen (secondary N) is 1. The van der Waals surface area contributed by atoms with Gasteiger partial charge in [-0.05, 0) is 56.8 Å². The van der Waals surface area contributed by atoms with Gasteiger partial charge in [0.25, 0.3) is 0 Å². The highest BCUT2D eigenvalue weighted by molar-refractivity contribution is 5.72. The topological polar surface area (TPSA) is 47.6 Å². The maximum atomic E-state index is 11.4. The van der Waals surface area contributed by atoms with Crippen LogP contribution in [0.3, 0.4) is 0 Å². The van der Waals surface area contributed by atoms with E-state index in [-0.39, 0.29) is 5.97 Å². The summed E-state index contributed by atoms with van der Waals surface area (Å²) in [6, 6.07) is 7.37. The molecule has 0 bridgehead atoms. The molecular formula is C18H27NO3. The fourth-order valence-corrected chi connectivity index (χ4v) is 2.74. The van der Waals surface area contributed by atoms with Gasteiger partial charge in [-0.2, -0.15) is 0 Å². The molecule has 0 atom stereocenters. The molecule has 0 radical (unpaired) electrons. The first kappa shape index (κ1) is 16.8. The van der Waals surface area contributed by atoms with E-state index in [4.69, 9.17) is 9.47 Å². The standard InChI is InChI=1S/C18H27NO3/c1-2-18(20)22-17-9-4-3-8-16(17)21-14-6-5-7-15-10-12-19-13-11-15/h3-4,8-9,15,19H,2,5-7,10-14H2,1H3. The number of rotatable bonds is 8. The molecule has 0 saturated carbocycles. The first-order valence-corrected chi connectivity index (χ1v) is 8.43. The van der Waals surface area contributed by atoms with Crippen molar-refractivity contribution in [1.82, 2.24) is 5.32 Å². The number of hydrogen-bond acceptors (Lipinski definition) is 4. The number of unbranched alkanes of at least 4 members (excludes halogenated alkanes) is 1. The van der Waals surface area contributed by atoms with Crippen molar-refractivity contribution in [3.05, 3.63) is 24.3 Å². The predicted molar refractivity (Wildman–Crippen MR) is 87.3 cm³/mol. The van der Waals surface area contributed by atoms with Crippen LogP contribution in [0.25, 0.3) is 0 Å². The van der Waals surface area contributed by atoms with Gasteiger partial charge in [-0.25, -0.2) is 0 Å². The predicted octanol–water partition coefficient (Wildman–Crippen LogP) is 3.55. The van der Waals surface area contributed by atoms with Gasteiger partial charge in [-0.15, -0.1) is 0 Å². The quantitative estimate of drug-likeness (QED) is 0.453. The summed E-state index contributed by atoms with van der Waals surface area (Å²) in [5.41, 5.74) is 0. The van der Waals surface area contributed by atoms with Crippen LogP contribution in [0.1, 0.15) is 45.4 Å². The second kappa shape index (κ2) is 9.46. The molecule has 0 amide bonds. The molecule has 0 aromatic heterocycles. The van der Waals surface area contributed by atoms with Crippen molar-refractivity contribution in [2.45, 2.75) is 45.4 Å². The number of ether oxygens (including phenoxy) is 2. The van der Waals surface area contributed by atoms with E-state index in [0.29, 0.717) is 24.5 Å². The summed E-state index contributed by atoms with van der Waals surface area (Å²) in [4.78, 5) is 11.4. The third kappa shape index (κ3) is 5.68. The van der Waals surface area contributed by atoms with E-state index >= 15 is 0 Å². The highest BCUT2D eigenvalue weighted by Gasteiger charge is 2.12. The first-order valence-electron chi connectivity index (χ1n) is 8.43. The summed E-state index contributed by atoms with van der Waals surface area (Å²) in [6.07, 6.45) is 6.50. The van der Waals surface area contributed by atoms with E-state index in [0.717, 1.165) is 25.4 Å². The van der Waals surface area contributed by atoms with E-state index in [2.05, 4.69) is 5.32 Å². The fourth-order valence-electron chi connectivity index (χ4n) is 2.74. The zero-order valence-electron chi connectivity index (χ0n) is 13.5. The Morgan fingerprint density at radius 3 is 2.64 bits per heavy atom. The summed E-state index contributed by atoms with van der Waals surface area (Å²) in [6.45, 7) is 4.78. The number of carbonyl (C=O) groups is 1. The van der Waals surface area contributed by atoms with E-state index in [9.17, 15) is 4.79 Å². The molecule has 1 aromatic carbocycles. The van der Waals surface area contributed by atoms with Crippen LogP contribution < -0.4 is 14.8 Å². The lowest BCUT2D eigenvalue weighted by molar-refractivity contribution is -0.134. The van der Waals surface area contributed by atoms with Crippen LogP contribution in [0.5, 0.6) is 11.5 Å². The Morgan fingerprint density at radius 2 is 1.91 bits per heavy atom. The van der Waals surface area contributed by atoms with Crippen molar-refractivity contribution in [2.75, 3.05) is 19.7 Å². The number of piperidine rings is 1. The average molecular weight is 305 g/mol. The average Bonchev–Trinajstić information content (AvgIpc) is 2.57. The van der Waals surface area contributed by atoms with Gasteiger partial charge in [0.05, 0.1) is 6.61 Å². The number of hydrogen-bond donors (Lipinski definition) is 1. The second-order valence-electron chi connectivity index (χ2n) is 5.81. The molecule has 1 saturated heterocycles. The van der Waals surface area contributed by atoms with Gasteiger partial charge in [0.2, 0.25) is 0 Å². The van der Waals surface area contributed by atoms with Gasteiger partial charge < -0.3 is 14.8 Å². The Bertz CT molecular complexity index is 455. The normalized spacial score (nSPS) is 15.5. The monoisotopic (exact) mass is 305 g/mol. The molecule has 1 aromatic rings.